The molecule has 8 nitrogen and oxygen atoms in total. The van der Waals surface area contributed by atoms with Crippen molar-refractivity contribution in [1.82, 2.24) is 5.43 Å². The molecule has 3 aliphatic rings. The fourth-order valence-electron chi connectivity index (χ4n) is 3.75. The van der Waals surface area contributed by atoms with Gasteiger partial charge in [-0.15, -0.1) is 5.10 Å². The van der Waals surface area contributed by atoms with Crippen LogP contribution in [-0.2, 0) is 19.1 Å². The molecule has 2 atom stereocenters. The maximum atomic E-state index is 12.5. The second-order valence-corrected chi connectivity index (χ2v) is 7.46. The van der Waals surface area contributed by atoms with Gasteiger partial charge in [-0.25, -0.2) is 9.59 Å². The molecule has 1 saturated heterocycles. The highest BCUT2D eigenvalue weighted by Crippen LogP contribution is 2.45. The fraction of sp³-hybridized carbons (Fsp3) is 0.706. The first-order valence-corrected chi connectivity index (χ1v) is 8.71. The molecule has 1 saturated carbocycles. The van der Waals surface area contributed by atoms with Gasteiger partial charge in [-0.1, -0.05) is 20.8 Å². The van der Waals surface area contributed by atoms with E-state index in [-0.39, 0.29) is 11.8 Å². The third kappa shape index (κ3) is 3.43. The van der Waals surface area contributed by atoms with Gasteiger partial charge in [0.05, 0.1) is 0 Å². The van der Waals surface area contributed by atoms with Gasteiger partial charge in [-0.3, -0.25) is 5.43 Å². The van der Waals surface area contributed by atoms with Crippen LogP contribution in [0.2, 0.25) is 0 Å². The van der Waals surface area contributed by atoms with Crippen molar-refractivity contribution < 1.29 is 19.1 Å². The molecule has 3 rings (SSSR count). The number of carbonyl (C=O) groups excluding carboxylic acids is 2. The summed E-state index contributed by atoms with van der Waals surface area (Å²) in [7, 11) is 0. The van der Waals surface area contributed by atoms with Crippen LogP contribution in [0.5, 0.6) is 0 Å². The molecule has 0 radical (unpaired) electrons. The summed E-state index contributed by atoms with van der Waals surface area (Å²) in [6.45, 7) is 8.01. The van der Waals surface area contributed by atoms with Crippen LogP contribution < -0.4 is 5.43 Å². The Kier molecular flexibility index (Phi) is 4.62. The van der Waals surface area contributed by atoms with Gasteiger partial charge in [-0.05, 0) is 31.6 Å². The van der Waals surface area contributed by atoms with Crippen molar-refractivity contribution in [3.63, 3.8) is 0 Å². The molecule has 2 unspecified atom stereocenters. The molecule has 0 aromatic heterocycles. The third-order valence-corrected chi connectivity index (χ3v) is 4.95. The molecule has 0 amide bonds. The topological polar surface area (TPSA) is 102 Å². The molecule has 8 heteroatoms. The molecular weight excluding hydrogens is 324 g/mol. The van der Waals surface area contributed by atoms with Gasteiger partial charge in [-0.2, -0.15) is 10.2 Å². The quantitative estimate of drug-likeness (QED) is 0.607. The van der Waals surface area contributed by atoms with E-state index in [1.54, 1.807) is 0 Å². The molecule has 0 bridgehead atoms. The highest BCUT2D eigenvalue weighted by Gasteiger charge is 2.55. The summed E-state index contributed by atoms with van der Waals surface area (Å²) in [6.07, 6.45) is 2.91. The minimum absolute atomic E-state index is 0.0126. The van der Waals surface area contributed by atoms with Crippen LogP contribution >= 0.6 is 0 Å². The number of nitrogens with one attached hydrogen (secondary N) is 1. The standard InChI is InChI=1S/C17H24N4O4/c1-9(2)12-6-5-10(3)8-17(12)24-15(22)14(16(23)25-17)21-20-13-7-11(4)18-19-13/h9-10,12H,5-8H2,1-4H3,(H,19,20). The lowest BCUT2D eigenvalue weighted by atomic mass is 9.72. The van der Waals surface area contributed by atoms with Gasteiger partial charge < -0.3 is 9.47 Å². The van der Waals surface area contributed by atoms with Crippen molar-refractivity contribution >= 4 is 29.2 Å². The van der Waals surface area contributed by atoms with Gasteiger partial charge >= 0.3 is 11.9 Å². The summed E-state index contributed by atoms with van der Waals surface area (Å²) in [4.78, 5) is 24.9. The molecular formula is C17H24N4O4. The molecule has 1 N–H and O–H groups in total. The summed E-state index contributed by atoms with van der Waals surface area (Å²) >= 11 is 0. The van der Waals surface area contributed by atoms with Crippen molar-refractivity contribution in [2.75, 3.05) is 0 Å². The minimum Gasteiger partial charge on any atom is -0.417 e. The molecule has 136 valence electrons. The number of amidine groups is 1. The zero-order valence-electron chi connectivity index (χ0n) is 15.0. The molecule has 2 heterocycles. The number of rotatable bonds is 2. The predicted molar refractivity (Wildman–Crippen MR) is 92.0 cm³/mol. The Hall–Kier alpha value is -2.25. The molecule has 1 spiro atoms. The number of hydrazone groups is 1. The zero-order chi connectivity index (χ0) is 18.2. The summed E-state index contributed by atoms with van der Waals surface area (Å²) in [5.41, 5.74) is 3.03. The molecule has 2 aliphatic heterocycles. The van der Waals surface area contributed by atoms with Gasteiger partial charge in [0.25, 0.3) is 11.5 Å². The van der Waals surface area contributed by atoms with Gasteiger partial charge in [0.2, 0.25) is 0 Å². The Morgan fingerprint density at radius 2 is 1.88 bits per heavy atom. The maximum Gasteiger partial charge on any atom is 0.369 e. The Morgan fingerprint density at radius 3 is 2.44 bits per heavy atom. The number of carbonyl (C=O) groups is 2. The largest absolute Gasteiger partial charge is 0.417 e. The Labute approximate surface area is 146 Å². The lowest BCUT2D eigenvalue weighted by Crippen LogP contribution is -2.58. The third-order valence-electron chi connectivity index (χ3n) is 4.95. The summed E-state index contributed by atoms with van der Waals surface area (Å²) in [5, 5.41) is 11.6. The van der Waals surface area contributed by atoms with E-state index in [2.05, 4.69) is 41.5 Å². The van der Waals surface area contributed by atoms with Crippen LogP contribution in [0.4, 0.5) is 0 Å². The Morgan fingerprint density at radius 1 is 1.20 bits per heavy atom. The zero-order valence-corrected chi connectivity index (χ0v) is 15.0. The first-order valence-electron chi connectivity index (χ1n) is 8.71. The highest BCUT2D eigenvalue weighted by atomic mass is 16.7. The van der Waals surface area contributed by atoms with E-state index in [9.17, 15) is 9.59 Å². The second-order valence-electron chi connectivity index (χ2n) is 7.46. The average Bonchev–Trinajstić information content (AvgIpc) is 2.91. The van der Waals surface area contributed by atoms with E-state index in [0.717, 1.165) is 18.6 Å². The second kappa shape index (κ2) is 6.57. The van der Waals surface area contributed by atoms with Crippen molar-refractivity contribution in [2.24, 2.45) is 33.1 Å². The van der Waals surface area contributed by atoms with E-state index in [1.165, 1.54) is 0 Å². The van der Waals surface area contributed by atoms with Crippen LogP contribution in [0, 0.1) is 17.8 Å². The lowest BCUT2D eigenvalue weighted by molar-refractivity contribution is -0.267. The van der Waals surface area contributed by atoms with Crippen LogP contribution in [0.25, 0.3) is 0 Å². The van der Waals surface area contributed by atoms with Gasteiger partial charge in [0.15, 0.2) is 5.84 Å². The first-order chi connectivity index (χ1) is 11.8. The molecule has 1 aliphatic carbocycles. The summed E-state index contributed by atoms with van der Waals surface area (Å²) < 4.78 is 11.3. The van der Waals surface area contributed by atoms with E-state index < -0.39 is 23.4 Å². The van der Waals surface area contributed by atoms with Crippen molar-refractivity contribution in [3.8, 4) is 0 Å². The average molecular weight is 348 g/mol. The smallest absolute Gasteiger partial charge is 0.369 e. The molecule has 0 aromatic carbocycles. The summed E-state index contributed by atoms with van der Waals surface area (Å²) in [6, 6.07) is 0. The monoisotopic (exact) mass is 348 g/mol. The summed E-state index contributed by atoms with van der Waals surface area (Å²) in [5.74, 6) is -1.67. The Bertz CT molecular complexity index is 660. The van der Waals surface area contributed by atoms with Crippen molar-refractivity contribution in [1.29, 1.82) is 0 Å². The number of ether oxygens (including phenoxy) is 2. The Balaban J connectivity index is 1.77. The molecule has 0 aromatic rings. The fourth-order valence-corrected chi connectivity index (χ4v) is 3.75. The van der Waals surface area contributed by atoms with E-state index in [0.29, 0.717) is 24.6 Å². The maximum absolute atomic E-state index is 12.5. The molecule has 25 heavy (non-hydrogen) atoms. The van der Waals surface area contributed by atoms with E-state index in [1.807, 2.05) is 6.92 Å². The number of esters is 2. The van der Waals surface area contributed by atoms with Crippen molar-refractivity contribution in [2.45, 2.75) is 59.2 Å². The number of hydrogen-bond acceptors (Lipinski definition) is 8. The van der Waals surface area contributed by atoms with Crippen LogP contribution in [0.1, 0.15) is 53.4 Å². The number of nitrogens with zero attached hydrogens (tertiary/aromatic N) is 3. The number of hydrogen-bond donors (Lipinski definition) is 1. The van der Waals surface area contributed by atoms with Gasteiger partial charge in [0.1, 0.15) is 0 Å². The first kappa shape index (κ1) is 17.6. The van der Waals surface area contributed by atoms with Gasteiger partial charge in [0, 0.05) is 24.5 Å². The highest BCUT2D eigenvalue weighted by molar-refractivity contribution is 6.63. The minimum atomic E-state index is -1.18. The van der Waals surface area contributed by atoms with Crippen molar-refractivity contribution in [3.05, 3.63) is 0 Å². The van der Waals surface area contributed by atoms with Crippen LogP contribution in [-0.4, -0.2) is 35.0 Å². The SMILES string of the molecule is CC1=NN=C(NN=C2C(=O)OC3(CC(C)CCC3C(C)C)OC2=O)C1. The molecule has 2 fully saturated rings. The normalized spacial score (nSPS) is 32.3. The van der Waals surface area contributed by atoms with Crippen LogP contribution in [0.15, 0.2) is 15.3 Å². The lowest BCUT2D eigenvalue weighted by Gasteiger charge is -2.47. The van der Waals surface area contributed by atoms with E-state index in [4.69, 9.17) is 9.47 Å². The predicted octanol–water partition coefficient (Wildman–Crippen LogP) is 2.00. The van der Waals surface area contributed by atoms with Crippen LogP contribution in [0.3, 0.4) is 0 Å². The van der Waals surface area contributed by atoms with E-state index >= 15 is 0 Å².